The zero-order chi connectivity index (χ0) is 12.8. The lowest BCUT2D eigenvalue weighted by atomic mass is 9.90. The summed E-state index contributed by atoms with van der Waals surface area (Å²) < 4.78 is 35.5. The molecule has 0 heterocycles. The van der Waals surface area contributed by atoms with Crippen molar-refractivity contribution in [2.75, 3.05) is 11.9 Å². The average molecular weight is 304 g/mol. The van der Waals surface area contributed by atoms with Crippen LogP contribution in [-0.4, -0.2) is 24.0 Å². The highest BCUT2D eigenvalue weighted by Gasteiger charge is 2.28. The first kappa shape index (κ1) is 15.7. The lowest BCUT2D eigenvalue weighted by Gasteiger charge is -2.23. The summed E-state index contributed by atoms with van der Waals surface area (Å²) in [5.74, 6) is -0.542. The summed E-state index contributed by atoms with van der Waals surface area (Å²) in [4.78, 5) is 11.1. The van der Waals surface area contributed by atoms with Crippen LogP contribution in [-0.2, 0) is 4.79 Å². The van der Waals surface area contributed by atoms with E-state index in [-0.39, 0.29) is 5.41 Å². The van der Waals surface area contributed by atoms with Gasteiger partial charge in [0.15, 0.2) is 0 Å². The highest BCUT2D eigenvalue weighted by molar-refractivity contribution is 9.09. The molecule has 0 spiro atoms. The quantitative estimate of drug-likeness (QED) is 0.750. The number of hydrogen-bond acceptors (Lipinski definition) is 1. The number of halogens is 4. The largest absolute Gasteiger partial charge is 0.389 e. The highest BCUT2D eigenvalue weighted by atomic mass is 79.9. The molecule has 0 fully saturated rings. The van der Waals surface area contributed by atoms with Crippen molar-refractivity contribution in [3.05, 3.63) is 0 Å². The van der Waals surface area contributed by atoms with Crippen LogP contribution in [0, 0.1) is 5.41 Å². The predicted octanol–water partition coefficient (Wildman–Crippen LogP) is 3.26. The molecule has 16 heavy (non-hydrogen) atoms. The fraction of sp³-hybridized carbons (Fsp3) is 0.900. The molecule has 0 aliphatic rings. The van der Waals surface area contributed by atoms with Gasteiger partial charge in [-0.1, -0.05) is 29.8 Å². The van der Waals surface area contributed by atoms with Crippen molar-refractivity contribution < 1.29 is 18.0 Å². The molecule has 0 aromatic heterocycles. The molecular weight excluding hydrogens is 287 g/mol. The van der Waals surface area contributed by atoms with E-state index in [1.165, 1.54) is 0 Å². The minimum absolute atomic E-state index is 0.0998. The Morgan fingerprint density at radius 3 is 2.25 bits per heavy atom. The Morgan fingerprint density at radius 2 is 1.81 bits per heavy atom. The smallest absolute Gasteiger partial charge is 0.356 e. The molecule has 0 rings (SSSR count). The number of amides is 1. The van der Waals surface area contributed by atoms with Gasteiger partial charge in [-0.25, -0.2) is 0 Å². The van der Waals surface area contributed by atoms with Crippen LogP contribution in [0.2, 0.25) is 0 Å². The van der Waals surface area contributed by atoms with Gasteiger partial charge in [0.25, 0.3) is 0 Å². The standard InChI is InChI=1S/C10H17BrF3NO/c1-9(2,5-6-11)7-15-8(16)3-4-10(12,13)14/h3-7H2,1-2H3,(H,15,16). The van der Waals surface area contributed by atoms with Crippen molar-refractivity contribution >= 4 is 21.8 Å². The highest BCUT2D eigenvalue weighted by Crippen LogP contribution is 2.22. The minimum Gasteiger partial charge on any atom is -0.356 e. The Kier molecular flexibility index (Phi) is 6.36. The van der Waals surface area contributed by atoms with Gasteiger partial charge >= 0.3 is 6.18 Å². The second-order valence-corrected chi connectivity index (χ2v) is 5.29. The lowest BCUT2D eigenvalue weighted by molar-refractivity contribution is -0.144. The van der Waals surface area contributed by atoms with Crippen LogP contribution < -0.4 is 5.32 Å². The van der Waals surface area contributed by atoms with Gasteiger partial charge in [0.1, 0.15) is 0 Å². The van der Waals surface area contributed by atoms with E-state index in [0.717, 1.165) is 11.8 Å². The number of carbonyl (C=O) groups excluding carboxylic acids is 1. The molecule has 96 valence electrons. The maximum absolute atomic E-state index is 11.8. The molecule has 0 saturated carbocycles. The van der Waals surface area contributed by atoms with Gasteiger partial charge in [-0.2, -0.15) is 13.2 Å². The summed E-state index contributed by atoms with van der Waals surface area (Å²) in [6.45, 7) is 4.31. The second kappa shape index (κ2) is 6.47. The first-order valence-corrected chi connectivity index (χ1v) is 6.18. The number of nitrogens with one attached hydrogen (secondary N) is 1. The van der Waals surface area contributed by atoms with Crippen LogP contribution in [0.5, 0.6) is 0 Å². The molecule has 1 amide bonds. The molecule has 0 aromatic carbocycles. The Morgan fingerprint density at radius 1 is 1.25 bits per heavy atom. The molecule has 0 aliphatic carbocycles. The van der Waals surface area contributed by atoms with Crippen molar-refractivity contribution in [1.82, 2.24) is 5.32 Å². The Bertz CT molecular complexity index is 229. The first-order chi connectivity index (χ1) is 7.16. The monoisotopic (exact) mass is 303 g/mol. The van der Waals surface area contributed by atoms with Crippen LogP contribution in [0.3, 0.4) is 0 Å². The van der Waals surface area contributed by atoms with Crippen LogP contribution >= 0.6 is 15.9 Å². The van der Waals surface area contributed by atoms with Gasteiger partial charge in [-0.3, -0.25) is 4.79 Å². The summed E-state index contributed by atoms with van der Waals surface area (Å²) in [5.41, 5.74) is -0.0998. The number of alkyl halides is 4. The van der Waals surface area contributed by atoms with E-state index in [2.05, 4.69) is 21.2 Å². The van der Waals surface area contributed by atoms with Crippen molar-refractivity contribution in [1.29, 1.82) is 0 Å². The van der Waals surface area contributed by atoms with Gasteiger partial charge in [0, 0.05) is 18.3 Å². The maximum Gasteiger partial charge on any atom is 0.389 e. The molecule has 0 saturated heterocycles. The van der Waals surface area contributed by atoms with Gasteiger partial charge in [-0.15, -0.1) is 0 Å². The van der Waals surface area contributed by atoms with Crippen molar-refractivity contribution in [2.45, 2.75) is 39.3 Å². The Labute approximate surface area is 102 Å². The fourth-order valence-electron chi connectivity index (χ4n) is 1.03. The molecule has 0 aliphatic heterocycles. The molecule has 0 bridgehead atoms. The molecule has 0 unspecified atom stereocenters. The van der Waals surface area contributed by atoms with Crippen LogP contribution in [0.15, 0.2) is 0 Å². The van der Waals surface area contributed by atoms with Crippen molar-refractivity contribution in [3.63, 3.8) is 0 Å². The number of carbonyl (C=O) groups is 1. The Balaban J connectivity index is 3.81. The Hall–Kier alpha value is -0.260. The second-order valence-electron chi connectivity index (χ2n) is 4.50. The van der Waals surface area contributed by atoms with Gasteiger partial charge in [-0.05, 0) is 11.8 Å². The van der Waals surface area contributed by atoms with E-state index in [1.54, 1.807) is 0 Å². The predicted molar refractivity (Wildman–Crippen MR) is 60.5 cm³/mol. The van der Waals surface area contributed by atoms with Gasteiger partial charge in [0.2, 0.25) is 5.91 Å². The molecule has 1 N–H and O–H groups in total. The lowest BCUT2D eigenvalue weighted by Crippen LogP contribution is -2.34. The average Bonchev–Trinajstić information content (AvgIpc) is 2.10. The van der Waals surface area contributed by atoms with E-state index in [9.17, 15) is 18.0 Å². The minimum atomic E-state index is -4.26. The SMILES string of the molecule is CC(C)(CCBr)CNC(=O)CCC(F)(F)F. The zero-order valence-electron chi connectivity index (χ0n) is 9.46. The maximum atomic E-state index is 11.8. The molecular formula is C10H17BrF3NO. The molecule has 0 aromatic rings. The normalized spacial score (nSPS) is 12.6. The third-order valence-corrected chi connectivity index (χ3v) is 2.57. The van der Waals surface area contributed by atoms with E-state index in [1.807, 2.05) is 13.8 Å². The fourth-order valence-corrected chi connectivity index (χ4v) is 2.10. The van der Waals surface area contributed by atoms with Gasteiger partial charge < -0.3 is 5.32 Å². The van der Waals surface area contributed by atoms with Crippen LogP contribution in [0.4, 0.5) is 13.2 Å². The summed E-state index contributed by atoms with van der Waals surface area (Å²) in [5, 5.41) is 3.32. The summed E-state index contributed by atoms with van der Waals surface area (Å²) in [6, 6.07) is 0. The van der Waals surface area contributed by atoms with E-state index < -0.39 is 24.9 Å². The molecule has 2 nitrogen and oxygen atoms in total. The van der Waals surface area contributed by atoms with Crippen LogP contribution in [0.25, 0.3) is 0 Å². The first-order valence-electron chi connectivity index (χ1n) is 5.06. The molecule has 0 radical (unpaired) electrons. The van der Waals surface area contributed by atoms with E-state index in [4.69, 9.17) is 0 Å². The van der Waals surface area contributed by atoms with Crippen LogP contribution in [0.1, 0.15) is 33.1 Å². The van der Waals surface area contributed by atoms with E-state index >= 15 is 0 Å². The number of hydrogen-bond donors (Lipinski definition) is 1. The number of rotatable bonds is 6. The summed E-state index contributed by atoms with van der Waals surface area (Å²) in [6.07, 6.45) is -4.96. The van der Waals surface area contributed by atoms with Crippen molar-refractivity contribution in [2.24, 2.45) is 5.41 Å². The van der Waals surface area contributed by atoms with E-state index in [0.29, 0.717) is 6.54 Å². The topological polar surface area (TPSA) is 29.1 Å². The summed E-state index contributed by atoms with van der Waals surface area (Å²) >= 11 is 3.29. The third-order valence-electron chi connectivity index (χ3n) is 2.17. The summed E-state index contributed by atoms with van der Waals surface area (Å²) in [7, 11) is 0. The molecule has 0 atom stereocenters. The molecule has 6 heteroatoms. The van der Waals surface area contributed by atoms with Crippen molar-refractivity contribution in [3.8, 4) is 0 Å². The zero-order valence-corrected chi connectivity index (χ0v) is 11.0. The third kappa shape index (κ3) is 9.00. The van der Waals surface area contributed by atoms with Gasteiger partial charge in [0.05, 0.1) is 6.42 Å².